The zero-order valence-corrected chi connectivity index (χ0v) is 11.2. The molecule has 1 heterocycles. The minimum Gasteiger partial charge on any atom is -0.392 e. The molecular formula is C12H22N2OS. The summed E-state index contributed by atoms with van der Waals surface area (Å²) in [6, 6.07) is 2.51. The number of thioether (sulfide) groups is 1. The Balaban J connectivity index is 2.57. The van der Waals surface area contributed by atoms with Crippen molar-refractivity contribution in [1.82, 2.24) is 9.78 Å². The molecule has 0 aliphatic heterocycles. The number of nitrogens with zero attached hydrogens (tertiary/aromatic N) is 2. The van der Waals surface area contributed by atoms with Crippen molar-refractivity contribution in [2.75, 3.05) is 12.0 Å². The van der Waals surface area contributed by atoms with Crippen LogP contribution in [-0.4, -0.2) is 33.0 Å². The van der Waals surface area contributed by atoms with Gasteiger partial charge in [-0.1, -0.05) is 13.8 Å². The predicted octanol–water partition coefficient (Wildman–Crippen LogP) is 2.51. The van der Waals surface area contributed by atoms with Gasteiger partial charge in [0.2, 0.25) is 0 Å². The molecule has 0 saturated heterocycles. The molecule has 92 valence electrons. The van der Waals surface area contributed by atoms with Gasteiger partial charge in [0.1, 0.15) is 0 Å². The molecule has 1 aromatic rings. The fraction of sp³-hybridized carbons (Fsp3) is 0.750. The third kappa shape index (κ3) is 3.83. The van der Waals surface area contributed by atoms with E-state index in [9.17, 15) is 5.11 Å². The fourth-order valence-corrected chi connectivity index (χ4v) is 2.35. The largest absolute Gasteiger partial charge is 0.392 e. The summed E-state index contributed by atoms with van der Waals surface area (Å²) in [5.74, 6) is 0.776. The van der Waals surface area contributed by atoms with Crippen LogP contribution in [0.3, 0.4) is 0 Å². The summed E-state index contributed by atoms with van der Waals surface area (Å²) in [7, 11) is 0. The molecule has 0 aliphatic rings. The van der Waals surface area contributed by atoms with E-state index in [1.807, 2.05) is 23.2 Å². The first-order valence-electron chi connectivity index (χ1n) is 5.92. The predicted molar refractivity (Wildman–Crippen MR) is 69.9 cm³/mol. The average molecular weight is 242 g/mol. The van der Waals surface area contributed by atoms with Gasteiger partial charge in [-0.15, -0.1) is 0 Å². The summed E-state index contributed by atoms with van der Waals surface area (Å²) in [6.07, 6.45) is 6.62. The van der Waals surface area contributed by atoms with Crippen molar-refractivity contribution in [3.63, 3.8) is 0 Å². The summed E-state index contributed by atoms with van der Waals surface area (Å²) < 4.78 is 2.03. The minimum atomic E-state index is -0.278. The summed E-state index contributed by atoms with van der Waals surface area (Å²) in [5.41, 5.74) is 0.994. The zero-order chi connectivity index (χ0) is 12.0. The average Bonchev–Trinajstić information content (AvgIpc) is 2.68. The molecule has 0 aromatic carbocycles. The maximum atomic E-state index is 9.69. The number of rotatable bonds is 7. The van der Waals surface area contributed by atoms with Crippen LogP contribution in [0.2, 0.25) is 0 Å². The first-order valence-corrected chi connectivity index (χ1v) is 7.31. The quantitative estimate of drug-likeness (QED) is 0.798. The smallest absolute Gasteiger partial charge is 0.0686 e. The Kier molecular flexibility index (Phi) is 5.91. The van der Waals surface area contributed by atoms with Crippen molar-refractivity contribution < 1.29 is 5.11 Å². The molecule has 4 heteroatoms. The number of aliphatic hydroxyl groups excluding tert-OH is 1. The molecule has 0 aliphatic carbocycles. The maximum Gasteiger partial charge on any atom is 0.0686 e. The van der Waals surface area contributed by atoms with Crippen LogP contribution in [-0.2, 0) is 6.42 Å². The maximum absolute atomic E-state index is 9.69. The van der Waals surface area contributed by atoms with E-state index in [4.69, 9.17) is 0 Å². The van der Waals surface area contributed by atoms with E-state index >= 15 is 0 Å². The lowest BCUT2D eigenvalue weighted by atomic mass is 10.2. The topological polar surface area (TPSA) is 38.0 Å². The highest BCUT2D eigenvalue weighted by Gasteiger charge is 2.10. The van der Waals surface area contributed by atoms with Crippen LogP contribution in [0.15, 0.2) is 12.3 Å². The molecule has 1 N–H and O–H groups in total. The van der Waals surface area contributed by atoms with E-state index in [2.05, 4.69) is 18.9 Å². The molecule has 3 nitrogen and oxygen atoms in total. The molecule has 0 saturated carbocycles. The van der Waals surface area contributed by atoms with Crippen LogP contribution in [0.1, 0.15) is 38.4 Å². The molecule has 1 atom stereocenters. The van der Waals surface area contributed by atoms with E-state index in [0.717, 1.165) is 24.3 Å². The van der Waals surface area contributed by atoms with Gasteiger partial charge in [-0.2, -0.15) is 16.9 Å². The highest BCUT2D eigenvalue weighted by molar-refractivity contribution is 7.98. The lowest BCUT2D eigenvalue weighted by Crippen LogP contribution is -2.14. The van der Waals surface area contributed by atoms with Gasteiger partial charge < -0.3 is 5.11 Å². The van der Waals surface area contributed by atoms with E-state index in [1.165, 1.54) is 0 Å². The number of aromatic nitrogens is 2. The second-order valence-electron chi connectivity index (χ2n) is 4.07. The van der Waals surface area contributed by atoms with Crippen LogP contribution in [0.4, 0.5) is 0 Å². The van der Waals surface area contributed by atoms with Gasteiger partial charge in [-0.3, -0.25) is 4.68 Å². The fourth-order valence-electron chi connectivity index (χ4n) is 1.85. The van der Waals surface area contributed by atoms with Gasteiger partial charge in [0, 0.05) is 18.4 Å². The number of aliphatic hydroxyl groups is 1. The third-order valence-corrected chi connectivity index (χ3v) is 3.50. The highest BCUT2D eigenvalue weighted by Crippen LogP contribution is 2.15. The Hall–Kier alpha value is -0.480. The normalized spacial score (nSPS) is 13.3. The zero-order valence-electron chi connectivity index (χ0n) is 10.4. The van der Waals surface area contributed by atoms with Gasteiger partial charge in [0.05, 0.1) is 17.8 Å². The van der Waals surface area contributed by atoms with E-state index in [-0.39, 0.29) is 6.10 Å². The monoisotopic (exact) mass is 242 g/mol. The van der Waals surface area contributed by atoms with E-state index in [1.54, 1.807) is 11.8 Å². The Bertz CT molecular complexity index is 297. The van der Waals surface area contributed by atoms with Crippen molar-refractivity contribution in [2.45, 2.75) is 45.3 Å². The van der Waals surface area contributed by atoms with Gasteiger partial charge in [0.15, 0.2) is 0 Å². The van der Waals surface area contributed by atoms with Gasteiger partial charge in [0.25, 0.3) is 0 Å². The minimum absolute atomic E-state index is 0.278. The van der Waals surface area contributed by atoms with Crippen molar-refractivity contribution in [3.05, 3.63) is 18.0 Å². The lowest BCUT2D eigenvalue weighted by molar-refractivity contribution is 0.198. The molecule has 1 rings (SSSR count). The molecule has 1 aromatic heterocycles. The van der Waals surface area contributed by atoms with Crippen molar-refractivity contribution >= 4 is 11.8 Å². The van der Waals surface area contributed by atoms with Crippen molar-refractivity contribution in [2.24, 2.45) is 0 Å². The number of hydrogen-bond donors (Lipinski definition) is 1. The summed E-state index contributed by atoms with van der Waals surface area (Å²) in [4.78, 5) is 0. The Morgan fingerprint density at radius 2 is 2.12 bits per heavy atom. The molecule has 0 fully saturated rings. The van der Waals surface area contributed by atoms with Crippen LogP contribution in [0, 0.1) is 0 Å². The lowest BCUT2D eigenvalue weighted by Gasteiger charge is -2.12. The summed E-state index contributed by atoms with van der Waals surface area (Å²) >= 11 is 1.67. The number of hydrogen-bond acceptors (Lipinski definition) is 3. The van der Waals surface area contributed by atoms with Crippen LogP contribution in [0.25, 0.3) is 0 Å². The summed E-state index contributed by atoms with van der Waals surface area (Å²) in [5, 5.41) is 14.2. The molecule has 1 unspecified atom stereocenters. The second kappa shape index (κ2) is 6.97. The van der Waals surface area contributed by atoms with Gasteiger partial charge >= 0.3 is 0 Å². The Labute approximate surface area is 102 Å². The van der Waals surface area contributed by atoms with E-state index in [0.29, 0.717) is 12.5 Å². The van der Waals surface area contributed by atoms with Gasteiger partial charge in [-0.25, -0.2) is 0 Å². The molecular weight excluding hydrogens is 220 g/mol. The summed E-state index contributed by atoms with van der Waals surface area (Å²) in [6.45, 7) is 4.36. The first-order chi connectivity index (χ1) is 7.71. The molecule has 0 radical (unpaired) electrons. The first kappa shape index (κ1) is 13.6. The Morgan fingerprint density at radius 3 is 2.69 bits per heavy atom. The Morgan fingerprint density at radius 1 is 1.44 bits per heavy atom. The van der Waals surface area contributed by atoms with E-state index < -0.39 is 0 Å². The molecule has 0 bridgehead atoms. The van der Waals surface area contributed by atoms with Crippen LogP contribution < -0.4 is 0 Å². The molecule has 0 amide bonds. The van der Waals surface area contributed by atoms with Crippen molar-refractivity contribution in [3.8, 4) is 0 Å². The van der Waals surface area contributed by atoms with Gasteiger partial charge in [-0.05, 0) is 25.2 Å². The third-order valence-electron chi connectivity index (χ3n) is 2.78. The second-order valence-corrected chi connectivity index (χ2v) is 4.98. The standard InChI is InChI=1S/C12H22N2OS/c1-4-11(5-2)14-7-6-10(13-14)8-12(15)9-16-3/h6-7,11-12,15H,4-5,8-9H2,1-3H3. The van der Waals surface area contributed by atoms with Crippen LogP contribution in [0.5, 0.6) is 0 Å². The van der Waals surface area contributed by atoms with Crippen LogP contribution >= 0.6 is 11.8 Å². The highest BCUT2D eigenvalue weighted by atomic mass is 32.2. The molecule has 0 spiro atoms. The molecule has 16 heavy (non-hydrogen) atoms. The van der Waals surface area contributed by atoms with Crippen molar-refractivity contribution in [1.29, 1.82) is 0 Å². The SMILES string of the molecule is CCC(CC)n1ccc(CC(O)CSC)n1.